The van der Waals surface area contributed by atoms with Gasteiger partial charge in [-0.15, -0.1) is 0 Å². The molecule has 4 nitrogen and oxygen atoms in total. The van der Waals surface area contributed by atoms with Crippen molar-refractivity contribution in [2.24, 2.45) is 23.7 Å². The van der Waals surface area contributed by atoms with Crippen LogP contribution in [0.25, 0.3) is 0 Å². The molecule has 3 rings (SSSR count). The molecule has 3 atom stereocenters. The summed E-state index contributed by atoms with van der Waals surface area (Å²) in [6.07, 6.45) is 10.7. The number of carboxylic acid groups (broad SMARTS) is 1. The lowest BCUT2D eigenvalue weighted by atomic mass is 9.67. The first-order valence-electron chi connectivity index (χ1n) is 8.64. The third-order valence-electron chi connectivity index (χ3n) is 5.70. The molecule has 4 heteroatoms. The molecule has 1 N–H and O–H groups in total. The van der Waals surface area contributed by atoms with Crippen molar-refractivity contribution in [1.82, 2.24) is 4.90 Å². The van der Waals surface area contributed by atoms with Crippen molar-refractivity contribution in [2.75, 3.05) is 13.1 Å². The number of carboxylic acids is 1. The maximum absolute atomic E-state index is 12.7. The number of carbonyl (C=O) groups excluding carboxylic acids is 1. The first kappa shape index (κ1) is 14.9. The Balaban J connectivity index is 1.60. The molecule has 3 aliphatic carbocycles. The zero-order valence-electron chi connectivity index (χ0n) is 12.8. The van der Waals surface area contributed by atoms with Crippen LogP contribution in [0.4, 0.5) is 0 Å². The molecular formula is C17H27NO3. The average Bonchev–Trinajstić information content (AvgIpc) is 3.29. The highest BCUT2D eigenvalue weighted by molar-refractivity contribution is 5.83. The van der Waals surface area contributed by atoms with E-state index in [9.17, 15) is 9.59 Å². The van der Waals surface area contributed by atoms with Gasteiger partial charge in [0.05, 0.1) is 0 Å². The van der Waals surface area contributed by atoms with Crippen LogP contribution >= 0.6 is 0 Å². The Morgan fingerprint density at radius 2 is 1.67 bits per heavy atom. The number of hydrogen-bond donors (Lipinski definition) is 1. The molecule has 0 heterocycles. The molecule has 3 aliphatic rings. The maximum atomic E-state index is 12.7. The van der Waals surface area contributed by atoms with Gasteiger partial charge in [-0.3, -0.25) is 9.59 Å². The molecule has 0 aromatic carbocycles. The Labute approximate surface area is 126 Å². The summed E-state index contributed by atoms with van der Waals surface area (Å²) in [6.45, 7) is 0.551. The van der Waals surface area contributed by atoms with Crippen LogP contribution in [0.5, 0.6) is 0 Å². The summed E-state index contributed by atoms with van der Waals surface area (Å²) in [5.74, 6) is 1.43. The lowest BCUT2D eigenvalue weighted by molar-refractivity contribution is -0.147. The number of aliphatic carboxylic acids is 1. The summed E-state index contributed by atoms with van der Waals surface area (Å²) in [7, 11) is 0. The molecule has 118 valence electrons. The number of fused-ring (bicyclic) bond motifs is 1. The quantitative estimate of drug-likeness (QED) is 0.848. The Bertz CT molecular complexity index is 405. The largest absolute Gasteiger partial charge is 0.480 e. The summed E-state index contributed by atoms with van der Waals surface area (Å²) in [4.78, 5) is 25.4. The third kappa shape index (κ3) is 3.78. The van der Waals surface area contributed by atoms with Crippen LogP contribution in [0, 0.1) is 23.7 Å². The van der Waals surface area contributed by atoms with Crippen molar-refractivity contribution in [3.8, 4) is 0 Å². The topological polar surface area (TPSA) is 57.6 Å². The second kappa shape index (κ2) is 6.37. The van der Waals surface area contributed by atoms with Crippen molar-refractivity contribution in [1.29, 1.82) is 0 Å². The van der Waals surface area contributed by atoms with Crippen molar-refractivity contribution in [2.45, 2.75) is 57.8 Å². The second-order valence-electron chi connectivity index (χ2n) is 7.37. The van der Waals surface area contributed by atoms with Crippen molar-refractivity contribution < 1.29 is 14.7 Å². The minimum absolute atomic E-state index is 0.0856. The molecular weight excluding hydrogens is 266 g/mol. The Morgan fingerprint density at radius 1 is 0.952 bits per heavy atom. The normalized spacial score (nSPS) is 32.3. The lowest BCUT2D eigenvalue weighted by Gasteiger charge is -2.40. The van der Waals surface area contributed by atoms with Gasteiger partial charge < -0.3 is 10.0 Å². The minimum atomic E-state index is -0.879. The van der Waals surface area contributed by atoms with Gasteiger partial charge in [0.1, 0.15) is 6.54 Å². The molecule has 0 aromatic heterocycles. The molecule has 3 unspecified atom stereocenters. The van der Waals surface area contributed by atoms with Gasteiger partial charge in [-0.2, -0.15) is 0 Å². The van der Waals surface area contributed by atoms with Crippen LogP contribution in [0.1, 0.15) is 57.8 Å². The molecule has 0 aromatic rings. The fraction of sp³-hybridized carbons (Fsp3) is 0.882. The summed E-state index contributed by atoms with van der Waals surface area (Å²) >= 11 is 0. The monoisotopic (exact) mass is 293 g/mol. The first-order valence-corrected chi connectivity index (χ1v) is 8.64. The second-order valence-corrected chi connectivity index (χ2v) is 7.37. The first-order chi connectivity index (χ1) is 10.1. The van der Waals surface area contributed by atoms with Crippen LogP contribution in [0.2, 0.25) is 0 Å². The summed E-state index contributed by atoms with van der Waals surface area (Å²) in [5, 5.41) is 9.06. The highest BCUT2D eigenvalue weighted by atomic mass is 16.4. The summed E-state index contributed by atoms with van der Waals surface area (Å²) in [5.41, 5.74) is 0. The molecule has 1 amide bonds. The predicted octanol–water partition coefficient (Wildman–Crippen LogP) is 2.92. The molecule has 0 radical (unpaired) electrons. The van der Waals surface area contributed by atoms with Crippen LogP contribution in [-0.2, 0) is 9.59 Å². The molecule has 0 bridgehead atoms. The zero-order valence-corrected chi connectivity index (χ0v) is 12.8. The third-order valence-corrected chi connectivity index (χ3v) is 5.70. The Morgan fingerprint density at radius 3 is 2.33 bits per heavy atom. The van der Waals surface area contributed by atoms with Gasteiger partial charge >= 0.3 is 5.97 Å². The lowest BCUT2D eigenvalue weighted by Crippen LogP contribution is -2.43. The summed E-state index contributed by atoms with van der Waals surface area (Å²) in [6, 6.07) is 0. The average molecular weight is 293 g/mol. The van der Waals surface area contributed by atoms with Gasteiger partial charge in [-0.1, -0.05) is 25.7 Å². The van der Waals surface area contributed by atoms with Gasteiger partial charge in [-0.25, -0.2) is 0 Å². The van der Waals surface area contributed by atoms with Gasteiger partial charge in [-0.05, 0) is 49.9 Å². The van der Waals surface area contributed by atoms with Crippen molar-refractivity contribution in [3.05, 3.63) is 0 Å². The van der Waals surface area contributed by atoms with E-state index >= 15 is 0 Å². The van der Waals surface area contributed by atoms with E-state index in [0.717, 1.165) is 31.6 Å². The van der Waals surface area contributed by atoms with Crippen molar-refractivity contribution >= 4 is 11.9 Å². The molecule has 3 saturated carbocycles. The minimum Gasteiger partial charge on any atom is -0.480 e. The van der Waals surface area contributed by atoms with E-state index in [2.05, 4.69) is 0 Å². The Kier molecular flexibility index (Phi) is 4.51. The number of hydrogen-bond acceptors (Lipinski definition) is 2. The van der Waals surface area contributed by atoms with Gasteiger partial charge in [0, 0.05) is 12.5 Å². The van der Waals surface area contributed by atoms with E-state index in [4.69, 9.17) is 5.11 Å². The van der Waals surface area contributed by atoms with Gasteiger partial charge in [0.2, 0.25) is 5.91 Å². The maximum Gasteiger partial charge on any atom is 0.323 e. The van der Waals surface area contributed by atoms with E-state index in [1.165, 1.54) is 32.1 Å². The number of amides is 1. The van der Waals surface area contributed by atoms with E-state index in [1.54, 1.807) is 4.90 Å². The molecule has 0 aliphatic heterocycles. The fourth-order valence-corrected chi connectivity index (χ4v) is 4.36. The van der Waals surface area contributed by atoms with Crippen LogP contribution in [-0.4, -0.2) is 35.0 Å². The number of nitrogens with zero attached hydrogens (tertiary/aromatic N) is 1. The highest BCUT2D eigenvalue weighted by Gasteiger charge is 2.38. The number of carbonyl (C=O) groups is 2. The molecule has 0 saturated heterocycles. The van der Waals surface area contributed by atoms with Crippen molar-refractivity contribution in [3.63, 3.8) is 0 Å². The summed E-state index contributed by atoms with van der Waals surface area (Å²) < 4.78 is 0. The van der Waals surface area contributed by atoms with E-state index in [-0.39, 0.29) is 18.4 Å². The molecule has 3 fully saturated rings. The van der Waals surface area contributed by atoms with Crippen LogP contribution in [0.3, 0.4) is 0 Å². The highest BCUT2D eigenvalue weighted by Crippen LogP contribution is 2.43. The van der Waals surface area contributed by atoms with Gasteiger partial charge in [0.25, 0.3) is 0 Å². The standard InChI is InChI=1S/C17H27NO3/c19-16(20)11-18(10-12-5-6-12)17(21)15-8-7-13-3-1-2-4-14(13)9-15/h12-15H,1-11H2,(H,19,20). The van der Waals surface area contributed by atoms with Crippen LogP contribution < -0.4 is 0 Å². The number of rotatable bonds is 5. The molecule has 21 heavy (non-hydrogen) atoms. The zero-order chi connectivity index (χ0) is 14.8. The van der Waals surface area contributed by atoms with E-state index < -0.39 is 5.97 Å². The SMILES string of the molecule is O=C(O)CN(CC1CC1)C(=O)C1CCC2CCCCC2C1. The smallest absolute Gasteiger partial charge is 0.323 e. The Hall–Kier alpha value is -1.06. The van der Waals surface area contributed by atoms with E-state index in [0.29, 0.717) is 18.4 Å². The van der Waals surface area contributed by atoms with E-state index in [1.807, 2.05) is 0 Å². The predicted molar refractivity (Wildman–Crippen MR) is 79.7 cm³/mol. The fourth-order valence-electron chi connectivity index (χ4n) is 4.36. The van der Waals surface area contributed by atoms with Gasteiger partial charge in [0.15, 0.2) is 0 Å². The molecule has 0 spiro atoms. The van der Waals surface area contributed by atoms with Crippen LogP contribution in [0.15, 0.2) is 0 Å².